The topological polar surface area (TPSA) is 58.6 Å². The smallest absolute Gasteiger partial charge is 0.227 e. The van der Waals surface area contributed by atoms with E-state index < -0.39 is 0 Å². The Kier molecular flexibility index (Phi) is 4.60. The molecule has 0 aromatic heterocycles. The summed E-state index contributed by atoms with van der Waals surface area (Å²) in [6, 6.07) is 17.5. The molecule has 2 aromatic carbocycles. The third kappa shape index (κ3) is 3.29. The minimum absolute atomic E-state index is 0.0224. The molecule has 1 atom stereocenters. The molecule has 4 rings (SSSR count). The van der Waals surface area contributed by atoms with Gasteiger partial charge in [-0.05, 0) is 37.0 Å². The Morgan fingerprint density at radius 3 is 2.59 bits per heavy atom. The van der Waals surface area contributed by atoms with Crippen LogP contribution in [0.3, 0.4) is 0 Å². The van der Waals surface area contributed by atoms with Gasteiger partial charge in [-0.25, -0.2) is 0 Å². The maximum Gasteiger partial charge on any atom is 0.227 e. The molecule has 1 saturated carbocycles. The zero-order valence-corrected chi connectivity index (χ0v) is 15.5. The standard InChI is InChI=1S/C22H24N2O3/c1-27-19-10-5-9-18(14-19)24-15-16(13-20(24)25)21(26)23-22(11-6-12-22)17-7-3-2-4-8-17/h2-5,7-10,14,16H,6,11-13,15H2,1H3,(H,23,26)/t16-/m0/s1. The molecule has 140 valence electrons. The average molecular weight is 364 g/mol. The van der Waals surface area contributed by atoms with Gasteiger partial charge in [0.25, 0.3) is 0 Å². The van der Waals surface area contributed by atoms with Crippen molar-refractivity contribution in [2.24, 2.45) is 5.92 Å². The second-order valence-corrected chi connectivity index (χ2v) is 7.40. The van der Waals surface area contributed by atoms with Crippen molar-refractivity contribution in [1.82, 2.24) is 5.32 Å². The third-order valence-electron chi connectivity index (χ3n) is 5.76. The van der Waals surface area contributed by atoms with E-state index in [1.54, 1.807) is 12.0 Å². The molecule has 1 N–H and O–H groups in total. The number of carbonyl (C=O) groups excluding carboxylic acids is 2. The van der Waals surface area contributed by atoms with Crippen LogP contribution >= 0.6 is 0 Å². The highest BCUT2D eigenvalue weighted by Gasteiger charge is 2.43. The van der Waals surface area contributed by atoms with E-state index >= 15 is 0 Å². The summed E-state index contributed by atoms with van der Waals surface area (Å²) < 4.78 is 5.24. The number of benzene rings is 2. The van der Waals surface area contributed by atoms with Crippen molar-refractivity contribution in [2.75, 3.05) is 18.6 Å². The molecule has 0 radical (unpaired) electrons. The lowest BCUT2D eigenvalue weighted by atomic mass is 9.71. The molecule has 2 fully saturated rings. The van der Waals surface area contributed by atoms with E-state index in [2.05, 4.69) is 17.4 Å². The molecule has 1 heterocycles. The molecule has 1 aliphatic heterocycles. The highest BCUT2D eigenvalue weighted by molar-refractivity contribution is 6.00. The van der Waals surface area contributed by atoms with Gasteiger partial charge < -0.3 is 15.0 Å². The highest BCUT2D eigenvalue weighted by Crippen LogP contribution is 2.41. The summed E-state index contributed by atoms with van der Waals surface area (Å²) in [4.78, 5) is 27.2. The van der Waals surface area contributed by atoms with Crippen LogP contribution in [0.5, 0.6) is 5.75 Å². The molecule has 27 heavy (non-hydrogen) atoms. The summed E-state index contributed by atoms with van der Waals surface area (Å²) in [5.74, 6) is 0.318. The first-order valence-corrected chi connectivity index (χ1v) is 9.43. The van der Waals surface area contributed by atoms with E-state index in [1.165, 1.54) is 0 Å². The van der Waals surface area contributed by atoms with Crippen molar-refractivity contribution in [3.05, 3.63) is 60.2 Å². The van der Waals surface area contributed by atoms with Crippen LogP contribution in [0.4, 0.5) is 5.69 Å². The van der Waals surface area contributed by atoms with E-state index in [9.17, 15) is 9.59 Å². The van der Waals surface area contributed by atoms with Crippen LogP contribution < -0.4 is 15.0 Å². The third-order valence-corrected chi connectivity index (χ3v) is 5.76. The fourth-order valence-corrected chi connectivity index (χ4v) is 4.02. The van der Waals surface area contributed by atoms with Crippen molar-refractivity contribution in [2.45, 2.75) is 31.2 Å². The molecule has 0 spiro atoms. The summed E-state index contributed by atoms with van der Waals surface area (Å²) in [5, 5.41) is 3.26. The fourth-order valence-electron chi connectivity index (χ4n) is 4.02. The second kappa shape index (κ2) is 7.06. The number of nitrogens with one attached hydrogen (secondary N) is 1. The van der Waals surface area contributed by atoms with Gasteiger partial charge in [0.1, 0.15) is 5.75 Å². The Labute approximate surface area is 159 Å². The lowest BCUT2D eigenvalue weighted by Crippen LogP contribution is -2.52. The quantitative estimate of drug-likeness (QED) is 0.886. The zero-order valence-electron chi connectivity index (χ0n) is 15.5. The van der Waals surface area contributed by atoms with Gasteiger partial charge in [0.15, 0.2) is 0 Å². The van der Waals surface area contributed by atoms with Crippen LogP contribution in [0, 0.1) is 5.92 Å². The predicted octanol–water partition coefficient (Wildman–Crippen LogP) is 3.24. The van der Waals surface area contributed by atoms with Gasteiger partial charge in [0.05, 0.1) is 18.6 Å². The highest BCUT2D eigenvalue weighted by atomic mass is 16.5. The normalized spacial score (nSPS) is 20.9. The summed E-state index contributed by atoms with van der Waals surface area (Å²) >= 11 is 0. The molecular weight excluding hydrogens is 340 g/mol. The predicted molar refractivity (Wildman–Crippen MR) is 104 cm³/mol. The van der Waals surface area contributed by atoms with Crippen molar-refractivity contribution in [1.29, 1.82) is 0 Å². The number of hydrogen-bond donors (Lipinski definition) is 1. The Morgan fingerprint density at radius 2 is 1.93 bits per heavy atom. The van der Waals surface area contributed by atoms with E-state index in [-0.39, 0.29) is 29.7 Å². The number of amides is 2. The Balaban J connectivity index is 1.48. The monoisotopic (exact) mass is 364 g/mol. The molecule has 1 aliphatic carbocycles. The molecule has 0 bridgehead atoms. The molecule has 1 saturated heterocycles. The zero-order chi connectivity index (χ0) is 18.9. The lowest BCUT2D eigenvalue weighted by molar-refractivity contribution is -0.129. The number of rotatable bonds is 5. The maximum absolute atomic E-state index is 13.0. The van der Waals surface area contributed by atoms with E-state index in [4.69, 9.17) is 4.74 Å². The van der Waals surface area contributed by atoms with Crippen LogP contribution in [0.2, 0.25) is 0 Å². The molecule has 5 heteroatoms. The van der Waals surface area contributed by atoms with Gasteiger partial charge in [-0.1, -0.05) is 36.4 Å². The molecule has 0 unspecified atom stereocenters. The number of nitrogens with zero attached hydrogens (tertiary/aromatic N) is 1. The van der Waals surface area contributed by atoms with Gasteiger partial charge >= 0.3 is 0 Å². The Hall–Kier alpha value is -2.82. The van der Waals surface area contributed by atoms with Crippen molar-refractivity contribution in [3.8, 4) is 5.75 Å². The summed E-state index contributed by atoms with van der Waals surface area (Å²) in [6.07, 6.45) is 3.24. The largest absolute Gasteiger partial charge is 0.497 e. The van der Waals surface area contributed by atoms with E-state index in [1.807, 2.05) is 42.5 Å². The van der Waals surface area contributed by atoms with Gasteiger partial charge in [0.2, 0.25) is 11.8 Å². The number of anilines is 1. The number of methoxy groups -OCH3 is 1. The molecule has 2 amide bonds. The molecule has 2 aliphatic rings. The van der Waals surface area contributed by atoms with E-state index in [0.717, 1.165) is 30.5 Å². The lowest BCUT2D eigenvalue weighted by Gasteiger charge is -2.43. The first-order valence-electron chi connectivity index (χ1n) is 9.43. The van der Waals surface area contributed by atoms with Gasteiger partial charge in [-0.3, -0.25) is 9.59 Å². The SMILES string of the molecule is COc1cccc(N2C[C@@H](C(=O)NC3(c4ccccc4)CCC3)CC2=O)c1. The molecule has 2 aromatic rings. The Morgan fingerprint density at radius 1 is 1.15 bits per heavy atom. The number of carbonyl (C=O) groups is 2. The summed E-state index contributed by atoms with van der Waals surface area (Å²) in [5.41, 5.74) is 1.65. The van der Waals surface area contributed by atoms with Crippen LogP contribution in [-0.2, 0) is 15.1 Å². The summed E-state index contributed by atoms with van der Waals surface area (Å²) in [7, 11) is 1.60. The first kappa shape index (κ1) is 17.6. The minimum atomic E-state index is -0.329. The van der Waals surface area contributed by atoms with Gasteiger partial charge in [-0.2, -0.15) is 0 Å². The van der Waals surface area contributed by atoms with Crippen LogP contribution in [0.1, 0.15) is 31.2 Å². The average Bonchev–Trinajstić information content (AvgIpc) is 3.07. The van der Waals surface area contributed by atoms with Crippen molar-refractivity contribution < 1.29 is 14.3 Å². The number of hydrogen-bond acceptors (Lipinski definition) is 3. The van der Waals surface area contributed by atoms with E-state index in [0.29, 0.717) is 12.3 Å². The van der Waals surface area contributed by atoms with Crippen LogP contribution in [-0.4, -0.2) is 25.5 Å². The fraction of sp³-hybridized carbons (Fsp3) is 0.364. The van der Waals surface area contributed by atoms with Crippen molar-refractivity contribution >= 4 is 17.5 Å². The Bertz CT molecular complexity index is 846. The second-order valence-electron chi connectivity index (χ2n) is 7.40. The maximum atomic E-state index is 13.0. The van der Waals surface area contributed by atoms with Crippen LogP contribution in [0.15, 0.2) is 54.6 Å². The molecule has 5 nitrogen and oxygen atoms in total. The molecular formula is C22H24N2O3. The minimum Gasteiger partial charge on any atom is -0.497 e. The van der Waals surface area contributed by atoms with Gasteiger partial charge in [0, 0.05) is 24.7 Å². The van der Waals surface area contributed by atoms with Crippen molar-refractivity contribution in [3.63, 3.8) is 0 Å². The van der Waals surface area contributed by atoms with Crippen LogP contribution in [0.25, 0.3) is 0 Å². The van der Waals surface area contributed by atoms with Gasteiger partial charge in [-0.15, -0.1) is 0 Å². The summed E-state index contributed by atoms with van der Waals surface area (Å²) in [6.45, 7) is 0.405. The number of ether oxygens (including phenoxy) is 1. The first-order chi connectivity index (χ1) is 13.1.